The van der Waals surface area contributed by atoms with Gasteiger partial charge in [-0.3, -0.25) is 0 Å². The predicted molar refractivity (Wildman–Crippen MR) is 64.3 cm³/mol. The van der Waals surface area contributed by atoms with Gasteiger partial charge < -0.3 is 0 Å². The highest BCUT2D eigenvalue weighted by atomic mass is 35.6. The Labute approximate surface area is 125 Å². The molecule has 0 N–H and O–H groups in total. The van der Waals surface area contributed by atoms with Crippen molar-refractivity contribution in [2.75, 3.05) is 0 Å². The Hall–Kier alpha value is 2.57. The second-order valence-electron chi connectivity index (χ2n) is 2.17. The van der Waals surface area contributed by atoms with E-state index in [1.54, 1.807) is 0 Å². The normalized spacial score (nSPS) is 15.9. The fourth-order valence-electron chi connectivity index (χ4n) is 0.482. The maximum absolute atomic E-state index is 12.0. The van der Waals surface area contributed by atoms with Crippen molar-refractivity contribution in [1.29, 1.82) is 0 Å². The molecule has 0 aliphatic rings. The van der Waals surface area contributed by atoms with Crippen LogP contribution in [0.15, 0.2) is 0 Å². The zero-order chi connectivity index (χ0) is 12.0. The molecule has 0 amide bonds. The molecule has 0 spiro atoms. The highest BCUT2D eigenvalue weighted by molar-refractivity contribution is 6.78. The van der Waals surface area contributed by atoms with Gasteiger partial charge in [-0.1, -0.05) is 104 Å². The van der Waals surface area contributed by atoms with Crippen LogP contribution in [0.1, 0.15) is 0 Å². The Morgan fingerprint density at radius 1 is 0.500 bits per heavy atom. The first kappa shape index (κ1) is 16.6. The predicted octanol–water partition coefficient (Wildman–Crippen LogP) is 5.27. The van der Waals surface area contributed by atoms with Crippen molar-refractivity contribution in [3.05, 3.63) is 0 Å². The molecule has 0 aliphatic heterocycles. The van der Waals surface area contributed by atoms with Crippen LogP contribution in [-0.4, -0.2) is 17.0 Å². The molecule has 0 aromatic heterocycles. The summed E-state index contributed by atoms with van der Waals surface area (Å²) >= 11 is 47.9. The molecule has 10 heteroatoms. The molecule has 1 radical (unpaired) electrons. The van der Waals surface area contributed by atoms with Gasteiger partial charge in [0.25, 0.3) is 0 Å². The van der Waals surface area contributed by atoms with Crippen molar-refractivity contribution in [1.82, 2.24) is 0 Å². The lowest BCUT2D eigenvalue weighted by Crippen LogP contribution is -2.61. The Morgan fingerprint density at radius 3 is 0.643 bits per heavy atom. The molecular weight excluding hydrogens is 383 g/mol. The van der Waals surface area contributed by atoms with E-state index in [4.69, 9.17) is 104 Å². The van der Waals surface area contributed by atoms with E-state index < -0.39 is 17.0 Å². The van der Waals surface area contributed by atoms with Gasteiger partial charge in [-0.05, 0) is 0 Å². The smallest absolute Gasteiger partial charge is 0.215 e. The number of alkyl halides is 9. The summed E-state index contributed by atoms with van der Waals surface area (Å²) in [5.74, 6) is 0. The van der Waals surface area contributed by atoms with Crippen LogP contribution >= 0.6 is 104 Å². The fourth-order valence-corrected chi connectivity index (χ4v) is 4.34. The van der Waals surface area contributed by atoms with Gasteiger partial charge >= 0.3 is 0 Å². The van der Waals surface area contributed by atoms with Crippen LogP contribution < -0.4 is 0 Å². The highest BCUT2D eigenvalue weighted by Crippen LogP contribution is 2.61. The fraction of sp³-hybridized carbons (Fsp3) is 1.00. The molecular formula is C4Cl9O. The molecule has 0 fully saturated rings. The van der Waals surface area contributed by atoms with Crippen LogP contribution in [0, 0.1) is 0 Å². The minimum Gasteiger partial charge on any atom is -0.215 e. The molecule has 0 bridgehead atoms. The average molecular weight is 383 g/mol. The zero-order valence-corrected chi connectivity index (χ0v) is 12.6. The Morgan fingerprint density at radius 2 is 0.643 bits per heavy atom. The lowest BCUT2D eigenvalue weighted by molar-refractivity contribution is -0.0200. The third-order valence-electron chi connectivity index (χ3n) is 1.20. The van der Waals surface area contributed by atoms with E-state index in [2.05, 4.69) is 0 Å². The molecule has 0 heterocycles. The van der Waals surface area contributed by atoms with Crippen LogP contribution in [0.4, 0.5) is 0 Å². The second-order valence-corrected chi connectivity index (χ2v) is 9.02. The summed E-state index contributed by atoms with van der Waals surface area (Å²) in [4.78, 5) is 0. The van der Waals surface area contributed by atoms with Crippen LogP contribution in [0.3, 0.4) is 0 Å². The largest absolute Gasteiger partial charge is 0.243 e. The van der Waals surface area contributed by atoms with E-state index in [0.29, 0.717) is 0 Å². The summed E-state index contributed by atoms with van der Waals surface area (Å²) in [5.41, 5.74) is -3.05. The molecule has 0 saturated carbocycles. The van der Waals surface area contributed by atoms with Gasteiger partial charge in [-0.25, -0.2) is 5.11 Å². The van der Waals surface area contributed by atoms with Gasteiger partial charge in [0.05, 0.1) is 0 Å². The first-order valence-electron chi connectivity index (χ1n) is 2.65. The van der Waals surface area contributed by atoms with Crippen molar-refractivity contribution in [3.8, 4) is 0 Å². The minimum absolute atomic E-state index is 2.61. The summed E-state index contributed by atoms with van der Waals surface area (Å²) in [6.45, 7) is 0. The van der Waals surface area contributed by atoms with Crippen molar-refractivity contribution in [2.45, 2.75) is 17.0 Å². The first-order chi connectivity index (χ1) is 5.75. The summed E-state index contributed by atoms with van der Waals surface area (Å²) in [6, 6.07) is 0. The first-order valence-corrected chi connectivity index (χ1v) is 6.06. The van der Waals surface area contributed by atoms with E-state index in [0.717, 1.165) is 0 Å². The monoisotopic (exact) mass is 379 g/mol. The summed E-state index contributed by atoms with van der Waals surface area (Å²) < 4.78 is -7.82. The molecule has 0 aromatic carbocycles. The number of rotatable bonds is 0. The lowest BCUT2D eigenvalue weighted by Gasteiger charge is -2.41. The van der Waals surface area contributed by atoms with Crippen molar-refractivity contribution < 1.29 is 5.11 Å². The molecule has 0 aliphatic carbocycles. The van der Waals surface area contributed by atoms with Crippen molar-refractivity contribution in [2.24, 2.45) is 0 Å². The third kappa shape index (κ3) is 3.07. The van der Waals surface area contributed by atoms with Crippen LogP contribution in [0.25, 0.3) is 0 Å². The number of halogens is 9. The van der Waals surface area contributed by atoms with E-state index in [-0.39, 0.29) is 0 Å². The van der Waals surface area contributed by atoms with Crippen molar-refractivity contribution in [3.63, 3.8) is 0 Å². The van der Waals surface area contributed by atoms with Gasteiger partial charge in [-0.15, -0.1) is 0 Å². The van der Waals surface area contributed by atoms with E-state index in [1.165, 1.54) is 0 Å². The summed E-state index contributed by atoms with van der Waals surface area (Å²) in [6.07, 6.45) is 0. The van der Waals surface area contributed by atoms with E-state index >= 15 is 0 Å². The van der Waals surface area contributed by atoms with Gasteiger partial charge in [0, 0.05) is 0 Å². The lowest BCUT2D eigenvalue weighted by atomic mass is 10.1. The molecule has 1 nitrogen and oxygen atoms in total. The minimum atomic E-state index is -3.05. The number of hydrogen-bond donors (Lipinski definition) is 0. The Balaban J connectivity index is 5.54. The topological polar surface area (TPSA) is 19.9 Å². The molecule has 0 aromatic rings. The van der Waals surface area contributed by atoms with Gasteiger partial charge in [0.1, 0.15) is 0 Å². The van der Waals surface area contributed by atoms with Gasteiger partial charge in [-0.2, -0.15) is 0 Å². The van der Waals surface area contributed by atoms with Crippen LogP contribution in [0.2, 0.25) is 0 Å². The molecule has 14 heavy (non-hydrogen) atoms. The zero-order valence-electron chi connectivity index (χ0n) is 5.81. The Kier molecular flexibility index (Phi) is 5.54. The maximum atomic E-state index is 12.0. The molecule has 0 unspecified atom stereocenters. The number of hydrogen-bond acceptors (Lipinski definition) is 0. The summed E-state index contributed by atoms with van der Waals surface area (Å²) in [5, 5.41) is 12.0. The van der Waals surface area contributed by atoms with Crippen molar-refractivity contribution >= 4 is 104 Å². The second kappa shape index (κ2) is 4.68. The van der Waals surface area contributed by atoms with E-state index in [9.17, 15) is 5.11 Å². The quantitative estimate of drug-likeness (QED) is 0.509. The highest BCUT2D eigenvalue weighted by Gasteiger charge is 2.72. The maximum Gasteiger partial charge on any atom is 0.243 e. The summed E-state index contributed by atoms with van der Waals surface area (Å²) in [7, 11) is 0. The SMILES string of the molecule is [O]C(C(Cl)(Cl)Cl)(C(Cl)(Cl)Cl)C(Cl)(Cl)Cl. The van der Waals surface area contributed by atoms with Gasteiger partial charge in [0.2, 0.25) is 17.0 Å². The molecule has 85 valence electrons. The Bertz CT molecular complexity index is 170. The molecule has 0 atom stereocenters. The average Bonchev–Trinajstić information content (AvgIpc) is 1.77. The standard InChI is InChI=1S/C4Cl9O/c5-2(6,7)1(14,3(8,9)10)4(11,12)13. The van der Waals surface area contributed by atoms with Gasteiger partial charge in [0.15, 0.2) is 0 Å². The third-order valence-corrected chi connectivity index (χ3v) is 3.59. The van der Waals surface area contributed by atoms with Crippen LogP contribution in [0.5, 0.6) is 0 Å². The molecule has 0 saturated heterocycles. The molecule has 0 rings (SSSR count). The van der Waals surface area contributed by atoms with Crippen LogP contribution in [-0.2, 0) is 5.11 Å². The van der Waals surface area contributed by atoms with E-state index in [1.807, 2.05) is 0 Å².